The highest BCUT2D eigenvalue weighted by Crippen LogP contribution is 2.06. The minimum atomic E-state index is -0.203. The lowest BCUT2D eigenvalue weighted by atomic mass is 10.2. The van der Waals surface area contributed by atoms with Crippen molar-refractivity contribution in [2.24, 2.45) is 0 Å². The molecule has 1 aromatic rings. The maximum Gasteiger partial charge on any atom is 0.269 e. The molecule has 1 atom stereocenters. The zero-order valence-electron chi connectivity index (χ0n) is 13.9. The quantitative estimate of drug-likeness (QED) is 0.703. The van der Waals surface area contributed by atoms with Crippen LogP contribution in [0.3, 0.4) is 0 Å². The number of carbonyl (C=O) groups excluding carboxylic acids is 2. The van der Waals surface area contributed by atoms with E-state index in [-0.39, 0.29) is 24.5 Å². The topological polar surface area (TPSA) is 85.7 Å². The summed E-state index contributed by atoms with van der Waals surface area (Å²) in [6, 6.07) is 1.75. The van der Waals surface area contributed by atoms with E-state index in [2.05, 4.69) is 10.4 Å². The Bertz CT molecular complexity index is 558. The summed E-state index contributed by atoms with van der Waals surface area (Å²) in [7, 11) is 1.73. The molecule has 2 heterocycles. The molecule has 8 heteroatoms. The van der Waals surface area contributed by atoms with Crippen molar-refractivity contribution < 1.29 is 19.1 Å². The average Bonchev–Trinajstić information content (AvgIpc) is 2.89. The maximum absolute atomic E-state index is 12.4. The van der Waals surface area contributed by atoms with Gasteiger partial charge < -0.3 is 19.7 Å². The number of nitrogens with one attached hydrogen (secondary N) is 1. The van der Waals surface area contributed by atoms with E-state index in [9.17, 15) is 9.59 Å². The number of amides is 2. The smallest absolute Gasteiger partial charge is 0.269 e. The number of morpholine rings is 1. The van der Waals surface area contributed by atoms with E-state index in [1.165, 1.54) is 0 Å². The summed E-state index contributed by atoms with van der Waals surface area (Å²) in [6.07, 6.45) is -0.192. The van der Waals surface area contributed by atoms with Gasteiger partial charge in [-0.25, -0.2) is 0 Å². The molecular weight excluding hydrogens is 300 g/mol. The van der Waals surface area contributed by atoms with Gasteiger partial charge in [0.2, 0.25) is 5.91 Å². The number of carbonyl (C=O) groups is 2. The first-order chi connectivity index (χ1) is 11.0. The highest BCUT2D eigenvalue weighted by Gasteiger charge is 2.24. The van der Waals surface area contributed by atoms with Crippen molar-refractivity contribution in [1.29, 1.82) is 0 Å². The van der Waals surface area contributed by atoms with E-state index >= 15 is 0 Å². The maximum atomic E-state index is 12.4. The molecule has 0 bridgehead atoms. The molecular formula is C15H24N4O4. The molecule has 2 rings (SSSR count). The molecule has 23 heavy (non-hydrogen) atoms. The first-order valence-electron chi connectivity index (χ1n) is 7.77. The third-order valence-corrected chi connectivity index (χ3v) is 3.62. The van der Waals surface area contributed by atoms with Gasteiger partial charge in [-0.05, 0) is 19.9 Å². The molecule has 1 aliphatic heterocycles. The van der Waals surface area contributed by atoms with Crippen molar-refractivity contribution in [1.82, 2.24) is 20.0 Å². The van der Waals surface area contributed by atoms with Gasteiger partial charge in [0.25, 0.3) is 5.91 Å². The lowest BCUT2D eigenvalue weighted by molar-refractivity contribution is -0.146. The molecule has 0 radical (unpaired) electrons. The van der Waals surface area contributed by atoms with Gasteiger partial charge in [-0.2, -0.15) is 5.10 Å². The van der Waals surface area contributed by atoms with Crippen LogP contribution in [0.4, 0.5) is 0 Å². The number of hydrogen-bond donors (Lipinski definition) is 1. The number of rotatable bonds is 7. The van der Waals surface area contributed by atoms with E-state index in [4.69, 9.17) is 9.47 Å². The standard InChI is InChI=1S/C15H24N4O4/c1-4-22-6-5-19-13(7-11(2)17-19)15(21)16-8-12-9-18(3)14(20)10-23-12/h7,12H,4-6,8-10H2,1-3H3,(H,16,21)/t12-/m1/s1. The van der Waals surface area contributed by atoms with E-state index in [1.807, 2.05) is 13.8 Å². The number of aryl methyl sites for hydroxylation is 1. The Labute approximate surface area is 135 Å². The summed E-state index contributed by atoms with van der Waals surface area (Å²) in [5.41, 5.74) is 1.29. The van der Waals surface area contributed by atoms with Gasteiger partial charge >= 0.3 is 0 Å². The van der Waals surface area contributed by atoms with Gasteiger partial charge in [0.05, 0.1) is 24.9 Å². The highest BCUT2D eigenvalue weighted by molar-refractivity contribution is 5.92. The fraction of sp³-hybridized carbons (Fsp3) is 0.667. The molecule has 0 saturated carbocycles. The predicted octanol–water partition coefficient (Wildman–Crippen LogP) is -0.185. The number of hydrogen-bond acceptors (Lipinski definition) is 5. The Balaban J connectivity index is 1.89. The minimum absolute atomic E-state index is 0.0443. The summed E-state index contributed by atoms with van der Waals surface area (Å²) in [4.78, 5) is 25.3. The molecule has 1 aliphatic rings. The van der Waals surface area contributed by atoms with Crippen molar-refractivity contribution in [3.63, 3.8) is 0 Å². The first-order valence-corrected chi connectivity index (χ1v) is 7.77. The minimum Gasteiger partial charge on any atom is -0.380 e. The van der Waals surface area contributed by atoms with Gasteiger partial charge in [0.15, 0.2) is 0 Å². The van der Waals surface area contributed by atoms with Gasteiger partial charge in [0.1, 0.15) is 12.3 Å². The molecule has 0 spiro atoms. The van der Waals surface area contributed by atoms with Crippen molar-refractivity contribution in [3.8, 4) is 0 Å². The summed E-state index contributed by atoms with van der Waals surface area (Å²) in [6.45, 7) is 6.33. The van der Waals surface area contributed by atoms with Crippen LogP contribution in [0.2, 0.25) is 0 Å². The Hall–Kier alpha value is -1.93. The van der Waals surface area contributed by atoms with Crippen LogP contribution >= 0.6 is 0 Å². The van der Waals surface area contributed by atoms with Crippen LogP contribution in [0.25, 0.3) is 0 Å². The molecule has 128 valence electrons. The van der Waals surface area contributed by atoms with E-state index in [0.29, 0.717) is 38.5 Å². The van der Waals surface area contributed by atoms with Crippen LogP contribution in [0.5, 0.6) is 0 Å². The summed E-state index contributed by atoms with van der Waals surface area (Å²) in [5, 5.41) is 7.16. The number of likely N-dealkylation sites (N-methyl/N-ethyl adjacent to an activating group) is 1. The molecule has 1 saturated heterocycles. The van der Waals surface area contributed by atoms with Crippen LogP contribution in [0.1, 0.15) is 23.1 Å². The van der Waals surface area contributed by atoms with Gasteiger partial charge in [-0.3, -0.25) is 14.3 Å². The van der Waals surface area contributed by atoms with Crippen molar-refractivity contribution in [3.05, 3.63) is 17.5 Å². The van der Waals surface area contributed by atoms with Gasteiger partial charge in [-0.15, -0.1) is 0 Å². The Morgan fingerprint density at radius 1 is 1.57 bits per heavy atom. The van der Waals surface area contributed by atoms with Crippen LogP contribution in [-0.4, -0.2) is 72.6 Å². The van der Waals surface area contributed by atoms with E-state index in [1.54, 1.807) is 22.7 Å². The fourth-order valence-corrected chi connectivity index (χ4v) is 2.37. The Morgan fingerprint density at radius 3 is 3.04 bits per heavy atom. The molecule has 1 aromatic heterocycles. The lowest BCUT2D eigenvalue weighted by Gasteiger charge is -2.29. The Morgan fingerprint density at radius 2 is 2.35 bits per heavy atom. The molecule has 0 unspecified atom stereocenters. The summed E-state index contributed by atoms with van der Waals surface area (Å²) >= 11 is 0. The SMILES string of the molecule is CCOCCn1nc(C)cc1C(=O)NC[C@@H]1CN(C)C(=O)CO1. The predicted molar refractivity (Wildman–Crippen MR) is 83.2 cm³/mol. The van der Waals surface area contributed by atoms with Gasteiger partial charge in [-0.1, -0.05) is 0 Å². The monoisotopic (exact) mass is 324 g/mol. The van der Waals surface area contributed by atoms with Crippen LogP contribution in [0.15, 0.2) is 6.07 Å². The van der Waals surface area contributed by atoms with Crippen molar-refractivity contribution >= 4 is 11.8 Å². The second-order valence-corrected chi connectivity index (χ2v) is 5.51. The fourth-order valence-electron chi connectivity index (χ4n) is 2.37. The third-order valence-electron chi connectivity index (χ3n) is 3.62. The van der Waals surface area contributed by atoms with Gasteiger partial charge in [0, 0.05) is 26.7 Å². The van der Waals surface area contributed by atoms with E-state index < -0.39 is 0 Å². The first kappa shape index (κ1) is 17.4. The molecule has 2 amide bonds. The highest BCUT2D eigenvalue weighted by atomic mass is 16.5. The molecule has 0 aromatic carbocycles. The van der Waals surface area contributed by atoms with E-state index in [0.717, 1.165) is 5.69 Å². The second-order valence-electron chi connectivity index (χ2n) is 5.51. The largest absolute Gasteiger partial charge is 0.380 e. The number of aromatic nitrogens is 2. The molecule has 0 aliphatic carbocycles. The normalized spacial score (nSPS) is 18.3. The number of nitrogens with zero attached hydrogens (tertiary/aromatic N) is 3. The molecule has 8 nitrogen and oxygen atoms in total. The summed E-state index contributed by atoms with van der Waals surface area (Å²) < 4.78 is 12.4. The summed E-state index contributed by atoms with van der Waals surface area (Å²) in [5.74, 6) is -0.248. The number of ether oxygens (including phenoxy) is 2. The zero-order chi connectivity index (χ0) is 16.8. The Kier molecular flexibility index (Phi) is 6.12. The van der Waals surface area contributed by atoms with Crippen molar-refractivity contribution in [2.75, 3.05) is 40.0 Å². The van der Waals surface area contributed by atoms with Crippen LogP contribution in [-0.2, 0) is 20.8 Å². The molecule has 1 fully saturated rings. The second kappa shape index (κ2) is 8.07. The van der Waals surface area contributed by atoms with Crippen LogP contribution < -0.4 is 5.32 Å². The molecule has 1 N–H and O–H groups in total. The zero-order valence-corrected chi connectivity index (χ0v) is 13.9. The lowest BCUT2D eigenvalue weighted by Crippen LogP contribution is -2.48. The third kappa shape index (κ3) is 4.77. The van der Waals surface area contributed by atoms with Crippen LogP contribution in [0, 0.1) is 6.92 Å². The van der Waals surface area contributed by atoms with Crippen molar-refractivity contribution in [2.45, 2.75) is 26.5 Å². The average molecular weight is 324 g/mol.